The van der Waals surface area contributed by atoms with Gasteiger partial charge in [0.2, 0.25) is 5.91 Å². The van der Waals surface area contributed by atoms with E-state index in [4.69, 9.17) is 0 Å². The summed E-state index contributed by atoms with van der Waals surface area (Å²) in [4.78, 5) is 10.9. The second kappa shape index (κ2) is 1.87. The molecule has 0 aromatic rings. The second-order valence-electron chi connectivity index (χ2n) is 2.63. The molecular weight excluding hydrogens is 114 g/mol. The first-order valence-electron chi connectivity index (χ1n) is 3.11. The largest absolute Gasteiger partial charge is 0.355 e. The van der Waals surface area contributed by atoms with E-state index < -0.39 is 0 Å². The second-order valence-corrected chi connectivity index (χ2v) is 2.63. The molecule has 0 bridgehead atoms. The molecule has 1 rings (SSSR count). The van der Waals surface area contributed by atoms with Gasteiger partial charge in [-0.25, -0.2) is 0 Å². The molecule has 9 heavy (non-hydrogen) atoms. The van der Waals surface area contributed by atoms with E-state index in [1.165, 1.54) is 0 Å². The van der Waals surface area contributed by atoms with Gasteiger partial charge in [-0.2, -0.15) is 0 Å². The first-order chi connectivity index (χ1) is 4.19. The van der Waals surface area contributed by atoms with Crippen LogP contribution >= 0.6 is 0 Å². The summed E-state index contributed by atoms with van der Waals surface area (Å²) in [5.74, 6) is 0.109. The molecule has 1 saturated heterocycles. The number of amides is 1. The van der Waals surface area contributed by atoms with Gasteiger partial charge in [0.15, 0.2) is 0 Å². The van der Waals surface area contributed by atoms with E-state index in [0.29, 0.717) is 0 Å². The number of hydrogen-bond acceptors (Lipinski definition) is 1. The number of nitrogens with one attached hydrogen (secondary N) is 1. The molecule has 0 saturated carbocycles. The molecule has 1 heterocycles. The molecule has 1 atom stereocenters. The quantitative estimate of drug-likeness (QED) is 0.513. The van der Waals surface area contributed by atoms with E-state index in [1.807, 2.05) is 6.92 Å². The lowest BCUT2D eigenvalue weighted by Crippen LogP contribution is -2.25. The maximum absolute atomic E-state index is 10.9. The molecule has 2 nitrogen and oxygen atoms in total. The topological polar surface area (TPSA) is 29.1 Å². The molecular formula is C7H11NO. The smallest absolute Gasteiger partial charge is 0.229 e. The minimum Gasteiger partial charge on any atom is -0.355 e. The summed E-state index contributed by atoms with van der Waals surface area (Å²) in [6, 6.07) is 0. The molecule has 1 amide bonds. The fourth-order valence-electron chi connectivity index (χ4n) is 0.946. The van der Waals surface area contributed by atoms with Crippen molar-refractivity contribution in [2.45, 2.75) is 13.3 Å². The number of hydrogen-bond donors (Lipinski definition) is 1. The predicted octanol–water partition coefficient (Wildman–Crippen LogP) is 0.699. The van der Waals surface area contributed by atoms with Gasteiger partial charge in [0.25, 0.3) is 0 Å². The van der Waals surface area contributed by atoms with E-state index in [1.54, 1.807) is 6.08 Å². The van der Waals surface area contributed by atoms with Crippen molar-refractivity contribution >= 4 is 5.91 Å². The molecule has 50 valence electrons. The van der Waals surface area contributed by atoms with E-state index in [2.05, 4.69) is 11.9 Å². The Bertz CT molecular complexity index is 153. The summed E-state index contributed by atoms with van der Waals surface area (Å²) in [5, 5.41) is 2.75. The van der Waals surface area contributed by atoms with Gasteiger partial charge in [-0.3, -0.25) is 4.79 Å². The van der Waals surface area contributed by atoms with Crippen molar-refractivity contribution in [1.29, 1.82) is 0 Å². The zero-order chi connectivity index (χ0) is 6.91. The summed E-state index contributed by atoms with van der Waals surface area (Å²) < 4.78 is 0. The molecule has 0 aromatic carbocycles. The van der Waals surface area contributed by atoms with E-state index in [-0.39, 0.29) is 11.3 Å². The Morgan fingerprint density at radius 1 is 1.89 bits per heavy atom. The molecule has 1 N–H and O–H groups in total. The molecule has 2 heteroatoms. The zero-order valence-electron chi connectivity index (χ0n) is 5.61. The van der Waals surface area contributed by atoms with Gasteiger partial charge in [0, 0.05) is 6.54 Å². The molecule has 0 aliphatic carbocycles. The van der Waals surface area contributed by atoms with Crippen molar-refractivity contribution in [2.75, 3.05) is 6.54 Å². The van der Waals surface area contributed by atoms with Crippen LogP contribution in [0.3, 0.4) is 0 Å². The average molecular weight is 125 g/mol. The normalized spacial score (nSPS) is 34.1. The minimum absolute atomic E-state index is 0.109. The van der Waals surface area contributed by atoms with Crippen LogP contribution in [0, 0.1) is 5.41 Å². The highest BCUT2D eigenvalue weighted by atomic mass is 16.2. The van der Waals surface area contributed by atoms with Crippen LogP contribution in [0.2, 0.25) is 0 Å². The number of carbonyl (C=O) groups is 1. The maximum atomic E-state index is 10.9. The Balaban J connectivity index is 2.78. The van der Waals surface area contributed by atoms with Crippen LogP contribution < -0.4 is 5.32 Å². The lowest BCUT2D eigenvalue weighted by molar-refractivity contribution is -0.124. The van der Waals surface area contributed by atoms with Crippen LogP contribution in [0.5, 0.6) is 0 Å². The average Bonchev–Trinajstić information content (AvgIpc) is 2.15. The van der Waals surface area contributed by atoms with Crippen molar-refractivity contribution in [1.82, 2.24) is 5.32 Å². The lowest BCUT2D eigenvalue weighted by Gasteiger charge is -2.12. The molecule has 0 spiro atoms. The first kappa shape index (κ1) is 6.33. The third kappa shape index (κ3) is 0.846. The first-order valence-corrected chi connectivity index (χ1v) is 3.11. The van der Waals surface area contributed by atoms with Crippen LogP contribution in [-0.4, -0.2) is 12.5 Å². The molecule has 1 aliphatic rings. The lowest BCUT2D eigenvalue weighted by atomic mass is 9.90. The van der Waals surface area contributed by atoms with Crippen molar-refractivity contribution < 1.29 is 4.79 Å². The third-order valence-electron chi connectivity index (χ3n) is 1.90. The summed E-state index contributed by atoms with van der Waals surface area (Å²) in [5.41, 5.74) is -0.292. The van der Waals surface area contributed by atoms with Crippen LogP contribution in [0.15, 0.2) is 12.7 Å². The van der Waals surface area contributed by atoms with Gasteiger partial charge >= 0.3 is 0 Å². The molecule has 1 unspecified atom stereocenters. The Morgan fingerprint density at radius 3 is 2.78 bits per heavy atom. The van der Waals surface area contributed by atoms with Crippen LogP contribution in [-0.2, 0) is 4.79 Å². The monoisotopic (exact) mass is 125 g/mol. The van der Waals surface area contributed by atoms with Crippen LogP contribution in [0.4, 0.5) is 0 Å². The molecule has 0 aromatic heterocycles. The fourth-order valence-corrected chi connectivity index (χ4v) is 0.946. The van der Waals surface area contributed by atoms with Crippen molar-refractivity contribution in [3.63, 3.8) is 0 Å². The highest BCUT2D eigenvalue weighted by Crippen LogP contribution is 2.26. The summed E-state index contributed by atoms with van der Waals surface area (Å²) >= 11 is 0. The number of rotatable bonds is 1. The molecule has 1 aliphatic heterocycles. The predicted molar refractivity (Wildman–Crippen MR) is 35.9 cm³/mol. The minimum atomic E-state index is -0.292. The Morgan fingerprint density at radius 2 is 2.56 bits per heavy atom. The SMILES string of the molecule is C=CC1(C)CCNC1=O. The van der Waals surface area contributed by atoms with Gasteiger partial charge in [0.1, 0.15) is 0 Å². The Kier molecular flexibility index (Phi) is 1.31. The van der Waals surface area contributed by atoms with Gasteiger partial charge in [-0.05, 0) is 13.3 Å². The van der Waals surface area contributed by atoms with Gasteiger partial charge < -0.3 is 5.32 Å². The maximum Gasteiger partial charge on any atom is 0.229 e. The zero-order valence-corrected chi connectivity index (χ0v) is 5.61. The van der Waals surface area contributed by atoms with E-state index >= 15 is 0 Å². The van der Waals surface area contributed by atoms with Crippen molar-refractivity contribution in [3.05, 3.63) is 12.7 Å². The van der Waals surface area contributed by atoms with Crippen LogP contribution in [0.1, 0.15) is 13.3 Å². The molecule has 0 radical (unpaired) electrons. The highest BCUT2D eigenvalue weighted by Gasteiger charge is 2.33. The summed E-state index contributed by atoms with van der Waals surface area (Å²) in [7, 11) is 0. The fraction of sp³-hybridized carbons (Fsp3) is 0.571. The van der Waals surface area contributed by atoms with E-state index in [0.717, 1.165) is 13.0 Å². The van der Waals surface area contributed by atoms with Crippen LogP contribution in [0.25, 0.3) is 0 Å². The summed E-state index contributed by atoms with van der Waals surface area (Å²) in [6.45, 7) is 6.30. The van der Waals surface area contributed by atoms with Gasteiger partial charge in [-0.15, -0.1) is 6.58 Å². The highest BCUT2D eigenvalue weighted by molar-refractivity contribution is 5.86. The Labute approximate surface area is 54.9 Å². The summed E-state index contributed by atoms with van der Waals surface area (Å²) in [6.07, 6.45) is 2.60. The Hall–Kier alpha value is -0.790. The standard InChI is InChI=1S/C7H11NO/c1-3-7(2)4-5-8-6(7)9/h3H,1,4-5H2,2H3,(H,8,9). The number of carbonyl (C=O) groups excluding carboxylic acids is 1. The third-order valence-corrected chi connectivity index (χ3v) is 1.90. The molecule has 1 fully saturated rings. The van der Waals surface area contributed by atoms with Crippen molar-refractivity contribution in [2.24, 2.45) is 5.41 Å². The van der Waals surface area contributed by atoms with E-state index in [9.17, 15) is 4.79 Å². The van der Waals surface area contributed by atoms with Crippen molar-refractivity contribution in [3.8, 4) is 0 Å². The van der Waals surface area contributed by atoms with Gasteiger partial charge in [-0.1, -0.05) is 6.08 Å². The van der Waals surface area contributed by atoms with Gasteiger partial charge in [0.05, 0.1) is 5.41 Å².